The number of aliphatic hydroxyl groups excluding tert-OH is 1. The van der Waals surface area contributed by atoms with E-state index in [0.29, 0.717) is 36.9 Å². The number of halogens is 1. The Balaban J connectivity index is 1.24. The van der Waals surface area contributed by atoms with Crippen molar-refractivity contribution >= 4 is 11.5 Å². The monoisotopic (exact) mass is 686 g/mol. The number of aliphatic hydroxyl groups is 2. The lowest BCUT2D eigenvalue weighted by Gasteiger charge is -2.47. The van der Waals surface area contributed by atoms with Crippen LogP contribution in [0.4, 0.5) is 10.1 Å². The summed E-state index contributed by atoms with van der Waals surface area (Å²) < 4.78 is 13.6. The van der Waals surface area contributed by atoms with Crippen molar-refractivity contribution in [2.75, 3.05) is 37.6 Å². The minimum absolute atomic E-state index is 0.0154. The molecule has 6 heteroatoms. The summed E-state index contributed by atoms with van der Waals surface area (Å²) in [7, 11) is 0. The second-order valence-corrected chi connectivity index (χ2v) is 15.4. The summed E-state index contributed by atoms with van der Waals surface area (Å²) >= 11 is 0. The number of nitrogens with zero attached hydrogens (tertiary/aromatic N) is 2. The van der Waals surface area contributed by atoms with Crippen LogP contribution in [0.15, 0.2) is 109 Å². The number of anilines is 1. The van der Waals surface area contributed by atoms with Gasteiger partial charge >= 0.3 is 0 Å². The average molecular weight is 687 g/mol. The molecule has 2 fully saturated rings. The van der Waals surface area contributed by atoms with Crippen molar-refractivity contribution in [2.24, 2.45) is 5.41 Å². The van der Waals surface area contributed by atoms with E-state index in [-0.39, 0.29) is 17.5 Å². The molecule has 5 nitrogen and oxygen atoms in total. The number of hydrogen-bond acceptors (Lipinski definition) is 5. The van der Waals surface area contributed by atoms with E-state index in [0.717, 1.165) is 79.8 Å². The minimum Gasteiger partial charge on any atom is -0.393 e. The maximum Gasteiger partial charge on any atom is 0.193 e. The van der Waals surface area contributed by atoms with Gasteiger partial charge in [-0.05, 0) is 110 Å². The van der Waals surface area contributed by atoms with Gasteiger partial charge in [0.15, 0.2) is 5.78 Å². The van der Waals surface area contributed by atoms with Gasteiger partial charge in [-0.25, -0.2) is 4.39 Å². The first-order valence-corrected chi connectivity index (χ1v) is 18.7. The Labute approximate surface area is 302 Å². The van der Waals surface area contributed by atoms with E-state index in [1.54, 1.807) is 0 Å². The Hall–Kier alpha value is -4.10. The predicted molar refractivity (Wildman–Crippen MR) is 204 cm³/mol. The number of benzene rings is 4. The molecule has 4 aromatic carbocycles. The van der Waals surface area contributed by atoms with Gasteiger partial charge in [-0.3, -0.25) is 9.69 Å². The van der Waals surface area contributed by atoms with Gasteiger partial charge in [-0.2, -0.15) is 0 Å². The van der Waals surface area contributed by atoms with E-state index in [4.69, 9.17) is 0 Å². The van der Waals surface area contributed by atoms with E-state index >= 15 is 0 Å². The van der Waals surface area contributed by atoms with Crippen LogP contribution in [-0.2, 0) is 6.42 Å². The fraction of sp³-hybridized carbons (Fsp3) is 0.400. The molecular weight excluding hydrogens is 636 g/mol. The van der Waals surface area contributed by atoms with Crippen LogP contribution >= 0.6 is 0 Å². The number of rotatable bonds is 6. The molecule has 2 bridgehead atoms. The third-order valence-electron chi connectivity index (χ3n) is 12.2. The Morgan fingerprint density at radius 3 is 2.35 bits per heavy atom. The maximum atomic E-state index is 14.9. The zero-order chi connectivity index (χ0) is 35.6. The summed E-state index contributed by atoms with van der Waals surface area (Å²) in [5, 5.41) is 23.9. The quantitative estimate of drug-likeness (QED) is 0.157. The van der Waals surface area contributed by atoms with Crippen molar-refractivity contribution in [1.82, 2.24) is 4.90 Å². The van der Waals surface area contributed by atoms with Crippen molar-refractivity contribution in [3.63, 3.8) is 0 Å². The highest BCUT2D eigenvalue weighted by Gasteiger charge is 2.57. The van der Waals surface area contributed by atoms with Crippen molar-refractivity contribution in [2.45, 2.75) is 76.4 Å². The third kappa shape index (κ3) is 7.32. The predicted octanol–water partition coefficient (Wildman–Crippen LogP) is 8.58. The molecular formula is C45H51FN2O3. The average Bonchev–Trinajstić information content (AvgIpc) is 3.39. The van der Waals surface area contributed by atoms with Crippen LogP contribution in [-0.4, -0.2) is 65.3 Å². The first-order valence-electron chi connectivity index (χ1n) is 18.7. The largest absolute Gasteiger partial charge is 0.393 e. The number of carbonyl (C=O) groups excluding carboxylic acids is 1. The Morgan fingerprint density at radius 2 is 1.59 bits per heavy atom. The van der Waals surface area contributed by atoms with E-state index in [1.165, 1.54) is 17.7 Å². The van der Waals surface area contributed by atoms with Gasteiger partial charge in [0.1, 0.15) is 5.82 Å². The van der Waals surface area contributed by atoms with Crippen LogP contribution in [0.3, 0.4) is 0 Å². The van der Waals surface area contributed by atoms with Crippen molar-refractivity contribution in [3.8, 4) is 11.1 Å². The van der Waals surface area contributed by atoms with Gasteiger partial charge in [0, 0.05) is 55.0 Å². The molecule has 1 aliphatic heterocycles. The van der Waals surface area contributed by atoms with Crippen molar-refractivity contribution in [1.29, 1.82) is 0 Å². The maximum absolute atomic E-state index is 14.9. The van der Waals surface area contributed by atoms with Gasteiger partial charge in [0.05, 0.1) is 11.7 Å². The molecule has 51 heavy (non-hydrogen) atoms. The molecule has 2 N–H and O–H groups in total. The zero-order valence-electron chi connectivity index (χ0n) is 30.0. The van der Waals surface area contributed by atoms with Crippen LogP contribution in [0.5, 0.6) is 0 Å². The third-order valence-corrected chi connectivity index (χ3v) is 12.2. The van der Waals surface area contributed by atoms with Gasteiger partial charge in [0.2, 0.25) is 0 Å². The van der Waals surface area contributed by atoms with E-state index in [1.807, 2.05) is 72.8 Å². The minimum atomic E-state index is -0.953. The molecule has 0 aromatic heterocycles. The number of allylic oxidation sites excluding steroid dienone is 2. The van der Waals surface area contributed by atoms with Crippen LogP contribution in [0.1, 0.15) is 85.3 Å². The fourth-order valence-corrected chi connectivity index (χ4v) is 9.08. The molecule has 8 rings (SSSR count). The summed E-state index contributed by atoms with van der Waals surface area (Å²) in [6.45, 7) is 8.25. The molecule has 4 atom stereocenters. The summed E-state index contributed by atoms with van der Waals surface area (Å²) in [5.74, 6) is -0.269. The summed E-state index contributed by atoms with van der Waals surface area (Å²) in [4.78, 5) is 19.6. The van der Waals surface area contributed by atoms with Crippen LogP contribution in [0.2, 0.25) is 0 Å². The molecule has 266 valence electrons. The highest BCUT2D eigenvalue weighted by molar-refractivity contribution is 6.13. The smallest absolute Gasteiger partial charge is 0.193 e. The topological polar surface area (TPSA) is 64.0 Å². The Bertz CT molecular complexity index is 1870. The standard InChI is InChI=1S/C45H51FN2O3/c1-32-9-8-23-44(2)42(22-24-45(44,51)31-47-25-27-48(28-26-47)36-18-16-35(46)17-19-36)39-21-15-33(29-37(49)20-14-32)30-41(39)43(50)40-13-7-6-12-38(40)34-10-4-3-5-11-34/h3-7,9-13,15-19,21,30,37,42,49,51H,8,14,20,22-29,31H2,1-2H3/t37-,42-,44-,45+/m0/s1. The normalized spacial score (nSPS) is 26.0. The second-order valence-electron chi connectivity index (χ2n) is 15.4. The number of β-amino-alcohol motifs (C(OH)–C–C–N with tert-alkyl or cyclic N) is 1. The highest BCUT2D eigenvalue weighted by Crippen LogP contribution is 2.59. The molecule has 1 saturated heterocycles. The highest BCUT2D eigenvalue weighted by atomic mass is 19.1. The molecule has 0 radical (unpaired) electrons. The number of hydrogen-bond donors (Lipinski definition) is 2. The van der Waals surface area contributed by atoms with Crippen LogP contribution < -0.4 is 4.90 Å². The molecule has 0 spiro atoms. The SMILES string of the molecule is CC1=CCC[C@@]2(C)[C@@H](CC[C@@]2(O)CN2CCN(c3ccc(F)cc3)CC2)c2ccc(cc2C(=O)c2ccccc2-c2ccccc2)C[C@@H](O)CC1. The lowest BCUT2D eigenvalue weighted by atomic mass is 9.64. The number of ketones is 1. The lowest BCUT2D eigenvalue weighted by Crippen LogP contribution is -2.56. The van der Waals surface area contributed by atoms with Crippen molar-refractivity contribution < 1.29 is 19.4 Å². The summed E-state index contributed by atoms with van der Waals surface area (Å²) in [6, 6.07) is 30.9. The Kier molecular flexibility index (Phi) is 10.3. The zero-order valence-corrected chi connectivity index (χ0v) is 30.0. The van der Waals surface area contributed by atoms with Gasteiger partial charge in [0.25, 0.3) is 0 Å². The molecule has 1 saturated carbocycles. The summed E-state index contributed by atoms with van der Waals surface area (Å²) in [5.41, 5.74) is 6.06. The molecule has 4 aliphatic rings. The van der Waals surface area contributed by atoms with E-state index in [2.05, 4.69) is 41.9 Å². The fourth-order valence-electron chi connectivity index (χ4n) is 9.08. The van der Waals surface area contributed by atoms with Crippen LogP contribution in [0.25, 0.3) is 11.1 Å². The molecule has 1 heterocycles. The van der Waals surface area contributed by atoms with Gasteiger partial charge in [-0.15, -0.1) is 0 Å². The first kappa shape index (κ1) is 35.3. The molecule has 0 amide bonds. The molecule has 3 aliphatic carbocycles. The van der Waals surface area contributed by atoms with Gasteiger partial charge < -0.3 is 15.1 Å². The number of fused-ring (bicyclic) bond motifs is 8. The van der Waals surface area contributed by atoms with E-state index < -0.39 is 17.1 Å². The molecule has 0 unspecified atom stereocenters. The lowest BCUT2D eigenvalue weighted by molar-refractivity contribution is -0.0841. The van der Waals surface area contributed by atoms with Crippen molar-refractivity contribution in [3.05, 3.63) is 137 Å². The Morgan fingerprint density at radius 1 is 0.863 bits per heavy atom. The molecule has 4 aromatic rings. The van der Waals surface area contributed by atoms with E-state index in [9.17, 15) is 19.4 Å². The summed E-state index contributed by atoms with van der Waals surface area (Å²) in [6.07, 6.45) is 6.84. The second kappa shape index (κ2) is 14.9. The first-order chi connectivity index (χ1) is 24.6. The number of carbonyl (C=O) groups is 1. The van der Waals surface area contributed by atoms with Crippen LogP contribution in [0, 0.1) is 11.2 Å². The van der Waals surface area contributed by atoms with Gasteiger partial charge in [-0.1, -0.05) is 85.3 Å². The number of piperazine rings is 1.